The van der Waals surface area contributed by atoms with E-state index < -0.39 is 30.6 Å². The molecule has 0 saturated carbocycles. The maximum atomic E-state index is 12.4. The smallest absolute Gasteiger partial charge is 0.318 e. The number of anilines is 1. The predicted molar refractivity (Wildman–Crippen MR) is 109 cm³/mol. The molecule has 0 unspecified atom stereocenters. The summed E-state index contributed by atoms with van der Waals surface area (Å²) in [5, 5.41) is 25.4. The number of rotatable bonds is 6. The summed E-state index contributed by atoms with van der Waals surface area (Å²) in [6.45, 7) is 2.99. The van der Waals surface area contributed by atoms with Gasteiger partial charge in [-0.15, -0.1) is 0 Å². The van der Waals surface area contributed by atoms with E-state index >= 15 is 0 Å². The summed E-state index contributed by atoms with van der Waals surface area (Å²) < 4.78 is 1.83. The summed E-state index contributed by atoms with van der Waals surface area (Å²) in [7, 11) is 1.91. The van der Waals surface area contributed by atoms with Gasteiger partial charge in [0.1, 0.15) is 12.6 Å². The lowest BCUT2D eigenvalue weighted by Crippen LogP contribution is -2.57. The summed E-state index contributed by atoms with van der Waals surface area (Å²) in [5.74, 6) is -0.611. The molecule has 1 saturated heterocycles. The summed E-state index contributed by atoms with van der Waals surface area (Å²) >= 11 is 0. The zero-order chi connectivity index (χ0) is 21.0. The summed E-state index contributed by atoms with van der Waals surface area (Å²) in [4.78, 5) is 27.9. The average molecular weight is 401 g/mol. The van der Waals surface area contributed by atoms with Gasteiger partial charge in [-0.3, -0.25) is 9.48 Å². The Bertz CT molecular complexity index is 841. The number of amides is 2. The van der Waals surface area contributed by atoms with Crippen LogP contribution in [0.1, 0.15) is 6.92 Å². The second-order valence-corrected chi connectivity index (χ2v) is 7.15. The van der Waals surface area contributed by atoms with Crippen LogP contribution in [-0.2, 0) is 11.8 Å². The normalized spacial score (nSPS) is 16.4. The number of carbonyl (C=O) groups is 2. The zero-order valence-electron chi connectivity index (χ0n) is 16.7. The molecule has 2 aromatic rings. The first-order valence-electron chi connectivity index (χ1n) is 9.61. The molecule has 0 aliphatic carbocycles. The molecule has 3 N–H and O–H groups in total. The highest BCUT2D eigenvalue weighted by Crippen LogP contribution is 2.23. The van der Waals surface area contributed by atoms with Crippen LogP contribution in [0.4, 0.5) is 10.5 Å². The minimum Gasteiger partial charge on any atom is -0.391 e. The van der Waals surface area contributed by atoms with Crippen molar-refractivity contribution in [3.63, 3.8) is 0 Å². The molecule has 1 fully saturated rings. The number of hydrogen-bond donors (Lipinski definition) is 3. The van der Waals surface area contributed by atoms with E-state index in [4.69, 9.17) is 5.11 Å². The molecular weight excluding hydrogens is 374 g/mol. The van der Waals surface area contributed by atoms with E-state index in [0.29, 0.717) is 26.2 Å². The van der Waals surface area contributed by atoms with E-state index in [1.807, 2.05) is 17.8 Å². The number of Topliss-reactive ketones (excluding diaryl/α,β-unsaturated/α-hetero) is 1. The zero-order valence-corrected chi connectivity index (χ0v) is 16.7. The summed E-state index contributed by atoms with van der Waals surface area (Å²) in [6.07, 6.45) is 0.696. The van der Waals surface area contributed by atoms with Crippen LogP contribution in [0.3, 0.4) is 0 Å². The molecular formula is C20H27N5O4. The van der Waals surface area contributed by atoms with Gasteiger partial charge in [-0.25, -0.2) is 4.79 Å². The van der Waals surface area contributed by atoms with Gasteiger partial charge in [-0.1, -0.05) is 12.1 Å². The van der Waals surface area contributed by atoms with Crippen LogP contribution >= 0.6 is 0 Å². The number of aryl methyl sites for hydroxylation is 1. The van der Waals surface area contributed by atoms with Crippen molar-refractivity contribution in [1.82, 2.24) is 20.0 Å². The molecule has 3 rings (SSSR count). The quantitative estimate of drug-likeness (QED) is 0.639. The molecule has 1 aliphatic heterocycles. The number of piperazine rings is 1. The van der Waals surface area contributed by atoms with Gasteiger partial charge in [0.05, 0.1) is 11.8 Å². The van der Waals surface area contributed by atoms with Crippen LogP contribution in [0, 0.1) is 0 Å². The van der Waals surface area contributed by atoms with Crippen molar-refractivity contribution in [1.29, 1.82) is 0 Å². The third-order valence-electron chi connectivity index (χ3n) is 5.18. The number of benzene rings is 1. The number of aromatic nitrogens is 2. The van der Waals surface area contributed by atoms with Gasteiger partial charge in [-0.05, 0) is 30.7 Å². The molecule has 1 aliphatic rings. The van der Waals surface area contributed by atoms with Gasteiger partial charge in [0.2, 0.25) is 0 Å². The number of ketones is 1. The number of carbonyl (C=O) groups excluding carboxylic acids is 2. The van der Waals surface area contributed by atoms with Gasteiger partial charge >= 0.3 is 6.03 Å². The third kappa shape index (κ3) is 4.75. The van der Waals surface area contributed by atoms with E-state index in [0.717, 1.165) is 16.9 Å². The largest absolute Gasteiger partial charge is 0.391 e. The molecule has 0 spiro atoms. The Morgan fingerprint density at radius 1 is 1.14 bits per heavy atom. The molecule has 2 amide bonds. The average Bonchev–Trinajstić information content (AvgIpc) is 3.17. The molecule has 9 nitrogen and oxygen atoms in total. The maximum absolute atomic E-state index is 12.4. The van der Waals surface area contributed by atoms with Crippen molar-refractivity contribution in [2.45, 2.75) is 19.1 Å². The summed E-state index contributed by atoms with van der Waals surface area (Å²) in [6, 6.07) is 8.67. The summed E-state index contributed by atoms with van der Waals surface area (Å²) in [5.41, 5.74) is 3.21. The number of hydrogen-bond acceptors (Lipinski definition) is 6. The number of aliphatic hydroxyl groups excluding tert-OH is 2. The van der Waals surface area contributed by atoms with Gasteiger partial charge in [0.25, 0.3) is 0 Å². The van der Waals surface area contributed by atoms with Crippen LogP contribution < -0.4 is 10.2 Å². The van der Waals surface area contributed by atoms with E-state index in [9.17, 15) is 14.7 Å². The molecule has 1 aromatic carbocycles. The number of nitrogens with one attached hydrogen (secondary N) is 1. The van der Waals surface area contributed by atoms with Crippen molar-refractivity contribution in [3.05, 3.63) is 36.5 Å². The monoisotopic (exact) mass is 401 g/mol. The third-order valence-corrected chi connectivity index (χ3v) is 5.18. The molecule has 0 radical (unpaired) electrons. The fourth-order valence-electron chi connectivity index (χ4n) is 3.46. The minimum atomic E-state index is -1.11. The van der Waals surface area contributed by atoms with E-state index in [1.165, 1.54) is 6.92 Å². The van der Waals surface area contributed by atoms with E-state index in [-0.39, 0.29) is 0 Å². The number of aliphatic hydroxyl groups is 2. The van der Waals surface area contributed by atoms with Crippen LogP contribution in [-0.4, -0.2) is 81.6 Å². The highest BCUT2D eigenvalue weighted by Gasteiger charge is 2.28. The lowest BCUT2D eigenvalue weighted by Gasteiger charge is -2.37. The minimum absolute atomic E-state index is 0.413. The first kappa shape index (κ1) is 20.8. The van der Waals surface area contributed by atoms with Crippen molar-refractivity contribution >= 4 is 17.5 Å². The van der Waals surface area contributed by atoms with E-state index in [1.54, 1.807) is 11.1 Å². The Morgan fingerprint density at radius 3 is 2.31 bits per heavy atom. The van der Waals surface area contributed by atoms with Crippen molar-refractivity contribution in [2.75, 3.05) is 37.7 Å². The first-order chi connectivity index (χ1) is 13.9. The Hall–Kier alpha value is -2.91. The van der Waals surface area contributed by atoms with Crippen LogP contribution in [0.15, 0.2) is 36.5 Å². The second kappa shape index (κ2) is 9.06. The molecule has 0 bridgehead atoms. The van der Waals surface area contributed by atoms with Crippen LogP contribution in [0.25, 0.3) is 11.3 Å². The van der Waals surface area contributed by atoms with Gasteiger partial charge in [-0.2, -0.15) is 5.10 Å². The highest BCUT2D eigenvalue weighted by molar-refractivity contribution is 5.89. The SMILES string of the molecule is C[C@@H](O)[C@H](NC(=O)N1CCN(c2ccc(-c3ccnn3C)cc2)CC1)C(=O)CO. The standard InChI is InChI=1S/C20H27N5O4/c1-14(27)19(18(28)13-26)22-20(29)25-11-9-24(10-12-25)16-5-3-15(4-6-16)17-7-8-21-23(17)2/h3-8,14,19,26-27H,9-13H2,1-2H3,(H,22,29)/t14-,19+/m1/s1. The molecule has 2 heterocycles. The van der Waals surface area contributed by atoms with Crippen molar-refractivity contribution in [3.8, 4) is 11.3 Å². The second-order valence-electron chi connectivity index (χ2n) is 7.15. The van der Waals surface area contributed by atoms with Crippen LogP contribution in [0.5, 0.6) is 0 Å². The van der Waals surface area contributed by atoms with E-state index in [2.05, 4.69) is 39.6 Å². The fourth-order valence-corrected chi connectivity index (χ4v) is 3.46. The van der Waals surface area contributed by atoms with Crippen molar-refractivity contribution < 1.29 is 19.8 Å². The molecule has 29 heavy (non-hydrogen) atoms. The first-order valence-corrected chi connectivity index (χ1v) is 9.61. The number of urea groups is 1. The Labute approximate surface area is 169 Å². The lowest BCUT2D eigenvalue weighted by molar-refractivity contribution is -0.125. The number of nitrogens with zero attached hydrogens (tertiary/aromatic N) is 4. The Morgan fingerprint density at radius 2 is 1.79 bits per heavy atom. The Kier molecular flexibility index (Phi) is 6.50. The molecule has 156 valence electrons. The van der Waals surface area contributed by atoms with Crippen molar-refractivity contribution in [2.24, 2.45) is 7.05 Å². The van der Waals surface area contributed by atoms with Gasteiger partial charge < -0.3 is 25.3 Å². The van der Waals surface area contributed by atoms with Crippen LogP contribution in [0.2, 0.25) is 0 Å². The van der Waals surface area contributed by atoms with Gasteiger partial charge in [0, 0.05) is 45.1 Å². The topological polar surface area (TPSA) is 111 Å². The molecule has 1 aromatic heterocycles. The van der Waals surface area contributed by atoms with Gasteiger partial charge in [0.15, 0.2) is 5.78 Å². The highest BCUT2D eigenvalue weighted by atomic mass is 16.3. The predicted octanol–water partition coefficient (Wildman–Crippen LogP) is 0.229. The Balaban J connectivity index is 1.57. The molecule has 9 heteroatoms. The lowest BCUT2D eigenvalue weighted by atomic mass is 10.1. The fraction of sp³-hybridized carbons (Fsp3) is 0.450. The maximum Gasteiger partial charge on any atom is 0.318 e. The molecule has 2 atom stereocenters.